The van der Waals surface area contributed by atoms with Crippen molar-refractivity contribution in [1.29, 1.82) is 0 Å². The molecule has 0 radical (unpaired) electrons. The zero-order chi connectivity index (χ0) is 19.1. The highest BCUT2D eigenvalue weighted by Crippen LogP contribution is 2.22. The second kappa shape index (κ2) is 8.85. The van der Waals surface area contributed by atoms with Gasteiger partial charge in [0.15, 0.2) is 0 Å². The van der Waals surface area contributed by atoms with Gasteiger partial charge in [-0.3, -0.25) is 0 Å². The van der Waals surface area contributed by atoms with E-state index in [4.69, 9.17) is 4.74 Å². The van der Waals surface area contributed by atoms with Crippen molar-refractivity contribution in [2.45, 2.75) is 12.6 Å². The summed E-state index contributed by atoms with van der Waals surface area (Å²) in [6.45, 7) is 1.81. The van der Waals surface area contributed by atoms with Gasteiger partial charge in [-0.25, -0.2) is 0 Å². The van der Waals surface area contributed by atoms with Crippen molar-refractivity contribution in [2.75, 3.05) is 27.2 Å². The molecule has 1 atom stereocenters. The van der Waals surface area contributed by atoms with Gasteiger partial charge in [-0.1, -0.05) is 72.8 Å². The van der Waals surface area contributed by atoms with Gasteiger partial charge in [0.05, 0.1) is 14.1 Å². The van der Waals surface area contributed by atoms with Gasteiger partial charge in [-0.15, -0.1) is 0 Å². The van der Waals surface area contributed by atoms with Gasteiger partial charge >= 0.3 is 0 Å². The highest BCUT2D eigenvalue weighted by molar-refractivity contribution is 5.63. The molecule has 3 aromatic carbocycles. The van der Waals surface area contributed by atoms with Gasteiger partial charge < -0.3 is 14.3 Å². The molecule has 3 nitrogen and oxygen atoms in total. The van der Waals surface area contributed by atoms with Crippen LogP contribution in [0.1, 0.15) is 5.56 Å². The number of benzene rings is 3. The van der Waals surface area contributed by atoms with Crippen molar-refractivity contribution >= 4 is 0 Å². The Morgan fingerprint density at radius 3 is 1.96 bits per heavy atom. The number of aliphatic hydroxyl groups is 1. The standard InChI is InChI=1S/C24H28NO2/c1-25(2,17-20-9-5-3-6-10-20)18-23(26)19-27-24-15-13-22(14-16-24)21-11-7-4-8-12-21/h3-16,23,26H,17-19H2,1-2H3/q+1/t23-/m0/s1. The molecule has 140 valence electrons. The summed E-state index contributed by atoms with van der Waals surface area (Å²) in [4.78, 5) is 0. The number of quaternary nitrogens is 1. The Bertz CT molecular complexity index is 814. The van der Waals surface area contributed by atoms with Gasteiger partial charge in [-0.2, -0.15) is 0 Å². The van der Waals surface area contributed by atoms with Crippen molar-refractivity contribution in [3.63, 3.8) is 0 Å². The first-order valence-corrected chi connectivity index (χ1v) is 9.34. The highest BCUT2D eigenvalue weighted by Gasteiger charge is 2.21. The molecule has 0 saturated heterocycles. The predicted molar refractivity (Wildman–Crippen MR) is 111 cm³/mol. The minimum absolute atomic E-state index is 0.293. The smallest absolute Gasteiger partial charge is 0.137 e. The average Bonchev–Trinajstić information content (AvgIpc) is 2.67. The molecule has 0 unspecified atom stereocenters. The van der Waals surface area contributed by atoms with Crippen molar-refractivity contribution < 1.29 is 14.3 Å². The summed E-state index contributed by atoms with van der Waals surface area (Å²) >= 11 is 0. The number of rotatable bonds is 8. The minimum Gasteiger partial charge on any atom is -0.491 e. The molecule has 0 fully saturated rings. The van der Waals surface area contributed by atoms with Crippen LogP contribution in [-0.4, -0.2) is 42.9 Å². The molecule has 1 N–H and O–H groups in total. The lowest BCUT2D eigenvalue weighted by Crippen LogP contribution is -2.46. The molecular weight excluding hydrogens is 334 g/mol. The van der Waals surface area contributed by atoms with Crippen LogP contribution in [0, 0.1) is 0 Å². The summed E-state index contributed by atoms with van der Waals surface area (Å²) in [5.74, 6) is 0.780. The fourth-order valence-corrected chi connectivity index (χ4v) is 3.33. The third kappa shape index (κ3) is 5.95. The Labute approximate surface area is 162 Å². The quantitative estimate of drug-likeness (QED) is 0.603. The molecule has 0 saturated carbocycles. The number of hydrogen-bond acceptors (Lipinski definition) is 2. The SMILES string of the molecule is C[N+](C)(Cc1ccccc1)C[C@H](O)COc1ccc(-c2ccccc2)cc1. The molecule has 0 aliphatic carbocycles. The van der Waals surface area contributed by atoms with E-state index in [-0.39, 0.29) is 0 Å². The minimum atomic E-state index is -0.516. The number of aliphatic hydroxyl groups excluding tert-OH is 1. The molecule has 27 heavy (non-hydrogen) atoms. The maximum atomic E-state index is 10.4. The molecule has 0 spiro atoms. The lowest BCUT2D eigenvalue weighted by atomic mass is 10.1. The van der Waals surface area contributed by atoms with E-state index in [1.807, 2.05) is 60.7 Å². The summed E-state index contributed by atoms with van der Waals surface area (Å²) in [6, 6.07) is 28.6. The van der Waals surface area contributed by atoms with Gasteiger partial charge in [0, 0.05) is 5.56 Å². The zero-order valence-electron chi connectivity index (χ0n) is 16.1. The van der Waals surface area contributed by atoms with Crippen LogP contribution in [-0.2, 0) is 6.54 Å². The van der Waals surface area contributed by atoms with Gasteiger partial charge in [0.25, 0.3) is 0 Å². The second-order valence-corrected chi connectivity index (χ2v) is 7.62. The molecule has 0 aromatic heterocycles. The van der Waals surface area contributed by atoms with Crippen LogP contribution in [0.5, 0.6) is 5.75 Å². The molecular formula is C24H28NO2+. The first-order chi connectivity index (χ1) is 13.0. The topological polar surface area (TPSA) is 29.5 Å². The average molecular weight is 362 g/mol. The van der Waals surface area contributed by atoms with Gasteiger partial charge in [0.1, 0.15) is 31.5 Å². The fraction of sp³-hybridized carbons (Fsp3) is 0.250. The third-order valence-electron chi connectivity index (χ3n) is 4.56. The molecule has 3 heteroatoms. The Kier molecular flexibility index (Phi) is 6.28. The van der Waals surface area contributed by atoms with Crippen LogP contribution in [0.4, 0.5) is 0 Å². The van der Waals surface area contributed by atoms with E-state index >= 15 is 0 Å². The van der Waals surface area contributed by atoms with Crippen LogP contribution in [0.3, 0.4) is 0 Å². The maximum Gasteiger partial charge on any atom is 0.137 e. The van der Waals surface area contributed by atoms with E-state index < -0.39 is 6.10 Å². The second-order valence-electron chi connectivity index (χ2n) is 7.62. The van der Waals surface area contributed by atoms with Crippen molar-refractivity contribution in [1.82, 2.24) is 0 Å². The highest BCUT2D eigenvalue weighted by atomic mass is 16.5. The molecule has 0 heterocycles. The Hall–Kier alpha value is -2.62. The van der Waals surface area contributed by atoms with E-state index in [1.165, 1.54) is 11.1 Å². The number of likely N-dealkylation sites (N-methyl/N-ethyl adjacent to an activating group) is 1. The first kappa shape index (κ1) is 19.2. The maximum absolute atomic E-state index is 10.4. The number of ether oxygens (including phenoxy) is 1. The zero-order valence-corrected chi connectivity index (χ0v) is 16.1. The third-order valence-corrected chi connectivity index (χ3v) is 4.56. The molecule has 3 rings (SSSR count). The van der Waals surface area contributed by atoms with E-state index in [2.05, 4.69) is 38.4 Å². The van der Waals surface area contributed by atoms with Crippen LogP contribution < -0.4 is 4.74 Å². The summed E-state index contributed by atoms with van der Waals surface area (Å²) in [5, 5.41) is 10.4. The fourth-order valence-electron chi connectivity index (χ4n) is 3.33. The molecule has 0 bridgehead atoms. The molecule has 0 amide bonds. The molecule has 0 aliphatic heterocycles. The van der Waals surface area contributed by atoms with Crippen LogP contribution >= 0.6 is 0 Å². The van der Waals surface area contributed by atoms with Gasteiger partial charge in [-0.05, 0) is 23.3 Å². The summed E-state index contributed by atoms with van der Waals surface area (Å²) in [6.07, 6.45) is -0.516. The Morgan fingerprint density at radius 2 is 1.33 bits per heavy atom. The number of nitrogens with zero attached hydrogens (tertiary/aromatic N) is 1. The van der Waals surface area contributed by atoms with Gasteiger partial charge in [0.2, 0.25) is 0 Å². The van der Waals surface area contributed by atoms with Crippen LogP contribution in [0.15, 0.2) is 84.9 Å². The summed E-state index contributed by atoms with van der Waals surface area (Å²) < 4.78 is 6.50. The van der Waals surface area contributed by atoms with Crippen LogP contribution in [0.25, 0.3) is 11.1 Å². The largest absolute Gasteiger partial charge is 0.491 e. The lowest BCUT2D eigenvalue weighted by molar-refractivity contribution is -0.906. The van der Waals surface area contributed by atoms with E-state index in [9.17, 15) is 5.11 Å². The normalized spacial score (nSPS) is 12.6. The van der Waals surface area contributed by atoms with Crippen molar-refractivity contribution in [3.8, 4) is 16.9 Å². The van der Waals surface area contributed by atoms with Crippen molar-refractivity contribution in [2.24, 2.45) is 0 Å². The molecule has 3 aromatic rings. The summed E-state index contributed by atoms with van der Waals surface area (Å²) in [5.41, 5.74) is 3.61. The summed E-state index contributed by atoms with van der Waals surface area (Å²) in [7, 11) is 4.26. The number of hydrogen-bond donors (Lipinski definition) is 1. The van der Waals surface area contributed by atoms with Crippen LogP contribution in [0.2, 0.25) is 0 Å². The first-order valence-electron chi connectivity index (χ1n) is 9.34. The lowest BCUT2D eigenvalue weighted by Gasteiger charge is -2.32. The monoisotopic (exact) mass is 362 g/mol. The predicted octanol–water partition coefficient (Wildman–Crippen LogP) is 4.37. The van der Waals surface area contributed by atoms with E-state index in [0.717, 1.165) is 17.9 Å². The molecule has 0 aliphatic rings. The van der Waals surface area contributed by atoms with E-state index in [0.29, 0.717) is 17.6 Å². The van der Waals surface area contributed by atoms with Crippen molar-refractivity contribution in [3.05, 3.63) is 90.5 Å². The Balaban J connectivity index is 1.50. The van der Waals surface area contributed by atoms with E-state index in [1.54, 1.807) is 0 Å². The Morgan fingerprint density at radius 1 is 0.778 bits per heavy atom.